The van der Waals surface area contributed by atoms with E-state index in [1.165, 1.54) is 0 Å². The lowest BCUT2D eigenvalue weighted by Crippen LogP contribution is -2.35. The van der Waals surface area contributed by atoms with E-state index in [-0.39, 0.29) is 18.5 Å². The van der Waals surface area contributed by atoms with Gasteiger partial charge in [0.05, 0.1) is 34.8 Å². The van der Waals surface area contributed by atoms with Crippen molar-refractivity contribution in [1.29, 1.82) is 0 Å². The maximum atomic E-state index is 12.3. The SMILES string of the molecule is COC[C@H](NC(=O)Cn1nc(C)c(Cl)c1C)c1ccnn1C. The molecule has 1 amide bonds. The van der Waals surface area contributed by atoms with E-state index in [0.717, 1.165) is 11.4 Å². The van der Waals surface area contributed by atoms with E-state index < -0.39 is 0 Å². The molecule has 120 valence electrons. The molecule has 1 N–H and O–H groups in total. The first-order chi connectivity index (χ1) is 10.4. The molecule has 0 saturated heterocycles. The summed E-state index contributed by atoms with van der Waals surface area (Å²) in [5.41, 5.74) is 2.37. The number of halogens is 1. The Hall–Kier alpha value is -1.86. The van der Waals surface area contributed by atoms with E-state index >= 15 is 0 Å². The van der Waals surface area contributed by atoms with Gasteiger partial charge in [0, 0.05) is 20.4 Å². The zero-order chi connectivity index (χ0) is 16.3. The van der Waals surface area contributed by atoms with Crippen LogP contribution in [0.5, 0.6) is 0 Å². The number of nitrogens with one attached hydrogen (secondary N) is 1. The van der Waals surface area contributed by atoms with Gasteiger partial charge in [-0.3, -0.25) is 14.2 Å². The molecule has 2 rings (SSSR count). The fourth-order valence-corrected chi connectivity index (χ4v) is 2.43. The average molecular weight is 326 g/mol. The first kappa shape index (κ1) is 16.5. The largest absolute Gasteiger partial charge is 0.382 e. The summed E-state index contributed by atoms with van der Waals surface area (Å²) in [6.45, 7) is 4.12. The van der Waals surface area contributed by atoms with Crippen LogP contribution in [-0.2, 0) is 23.1 Å². The van der Waals surface area contributed by atoms with Gasteiger partial charge in [0.1, 0.15) is 6.54 Å². The molecule has 0 spiro atoms. The van der Waals surface area contributed by atoms with Gasteiger partial charge in [-0.1, -0.05) is 11.6 Å². The van der Waals surface area contributed by atoms with Crippen molar-refractivity contribution in [2.24, 2.45) is 7.05 Å². The Morgan fingerprint density at radius 3 is 2.73 bits per heavy atom. The second kappa shape index (κ2) is 6.93. The fourth-order valence-electron chi connectivity index (χ4n) is 2.30. The van der Waals surface area contributed by atoms with Gasteiger partial charge in [-0.05, 0) is 19.9 Å². The van der Waals surface area contributed by atoms with Crippen molar-refractivity contribution in [2.45, 2.75) is 26.4 Å². The first-order valence-corrected chi connectivity index (χ1v) is 7.27. The lowest BCUT2D eigenvalue weighted by atomic mass is 10.2. The molecule has 0 saturated carbocycles. The van der Waals surface area contributed by atoms with Crippen LogP contribution in [0.4, 0.5) is 0 Å². The highest BCUT2D eigenvalue weighted by molar-refractivity contribution is 6.31. The lowest BCUT2D eigenvalue weighted by molar-refractivity contribution is -0.123. The van der Waals surface area contributed by atoms with Gasteiger partial charge >= 0.3 is 0 Å². The Bertz CT molecular complexity index is 664. The van der Waals surface area contributed by atoms with Crippen LogP contribution in [0.2, 0.25) is 5.02 Å². The van der Waals surface area contributed by atoms with Crippen molar-refractivity contribution in [1.82, 2.24) is 24.9 Å². The van der Waals surface area contributed by atoms with Gasteiger partial charge in [0.15, 0.2) is 0 Å². The van der Waals surface area contributed by atoms with E-state index in [9.17, 15) is 4.79 Å². The minimum atomic E-state index is -0.266. The molecular formula is C14H20ClN5O2. The number of hydrogen-bond acceptors (Lipinski definition) is 4. The third-order valence-corrected chi connectivity index (χ3v) is 4.02. The minimum absolute atomic E-state index is 0.109. The van der Waals surface area contributed by atoms with Crippen molar-refractivity contribution < 1.29 is 9.53 Å². The van der Waals surface area contributed by atoms with Gasteiger partial charge in [-0.25, -0.2) is 0 Å². The standard InChI is InChI=1S/C14H20ClN5O2/c1-9-14(15)10(2)20(18-9)7-13(21)17-11(8-22-4)12-5-6-16-19(12)3/h5-6,11H,7-8H2,1-4H3,(H,17,21)/t11-/m0/s1. The number of carbonyl (C=O) groups is 1. The zero-order valence-electron chi connectivity index (χ0n) is 13.1. The van der Waals surface area contributed by atoms with Crippen LogP contribution in [0, 0.1) is 13.8 Å². The Morgan fingerprint density at radius 1 is 1.50 bits per heavy atom. The smallest absolute Gasteiger partial charge is 0.242 e. The number of ether oxygens (including phenoxy) is 1. The highest BCUT2D eigenvalue weighted by atomic mass is 35.5. The molecule has 2 aromatic rings. The van der Waals surface area contributed by atoms with Crippen LogP contribution in [0.1, 0.15) is 23.1 Å². The maximum Gasteiger partial charge on any atom is 0.242 e. The summed E-state index contributed by atoms with van der Waals surface area (Å²) >= 11 is 6.09. The quantitative estimate of drug-likeness (QED) is 0.871. The number of methoxy groups -OCH3 is 1. The van der Waals surface area contributed by atoms with Gasteiger partial charge < -0.3 is 10.1 Å². The van der Waals surface area contributed by atoms with Gasteiger partial charge in [0.2, 0.25) is 5.91 Å². The molecule has 22 heavy (non-hydrogen) atoms. The predicted octanol–water partition coefficient (Wildman–Crippen LogP) is 1.39. The molecule has 7 nitrogen and oxygen atoms in total. The molecule has 0 bridgehead atoms. The maximum absolute atomic E-state index is 12.3. The number of aromatic nitrogens is 4. The third-order valence-electron chi connectivity index (χ3n) is 3.47. The molecule has 2 aromatic heterocycles. The van der Waals surface area contributed by atoms with Crippen molar-refractivity contribution in [3.63, 3.8) is 0 Å². The van der Waals surface area contributed by atoms with Crippen LogP contribution in [-0.4, -0.2) is 39.2 Å². The molecule has 0 radical (unpaired) electrons. The van der Waals surface area contributed by atoms with E-state index in [2.05, 4.69) is 15.5 Å². The van der Waals surface area contributed by atoms with Crippen molar-refractivity contribution in [3.8, 4) is 0 Å². The highest BCUT2D eigenvalue weighted by Crippen LogP contribution is 2.19. The highest BCUT2D eigenvalue weighted by Gasteiger charge is 2.19. The number of hydrogen-bond donors (Lipinski definition) is 1. The number of amides is 1. The van der Waals surface area contributed by atoms with Crippen molar-refractivity contribution >= 4 is 17.5 Å². The Morgan fingerprint density at radius 2 is 2.23 bits per heavy atom. The molecule has 0 aliphatic carbocycles. The van der Waals surface area contributed by atoms with Gasteiger partial charge in [-0.2, -0.15) is 10.2 Å². The molecule has 0 aliphatic rings. The van der Waals surface area contributed by atoms with Crippen molar-refractivity contribution in [2.75, 3.05) is 13.7 Å². The molecule has 2 heterocycles. The molecule has 1 atom stereocenters. The zero-order valence-corrected chi connectivity index (χ0v) is 13.9. The monoisotopic (exact) mass is 325 g/mol. The van der Waals surface area contributed by atoms with E-state index in [1.807, 2.05) is 27.0 Å². The molecule has 8 heteroatoms. The van der Waals surface area contributed by atoms with Crippen LogP contribution < -0.4 is 5.32 Å². The average Bonchev–Trinajstić information content (AvgIpc) is 2.99. The third kappa shape index (κ3) is 3.48. The van der Waals surface area contributed by atoms with Crippen molar-refractivity contribution in [3.05, 3.63) is 34.4 Å². The summed E-state index contributed by atoms with van der Waals surface area (Å²) in [5, 5.41) is 11.9. The molecular weight excluding hydrogens is 306 g/mol. The second-order valence-corrected chi connectivity index (χ2v) is 5.48. The number of nitrogens with zero attached hydrogens (tertiary/aromatic N) is 4. The van der Waals surface area contributed by atoms with Gasteiger partial charge in [-0.15, -0.1) is 0 Å². The van der Waals surface area contributed by atoms with Crippen LogP contribution in [0.25, 0.3) is 0 Å². The summed E-state index contributed by atoms with van der Waals surface area (Å²) in [6.07, 6.45) is 1.69. The summed E-state index contributed by atoms with van der Waals surface area (Å²) < 4.78 is 8.49. The first-order valence-electron chi connectivity index (χ1n) is 6.89. The molecule has 0 aliphatic heterocycles. The lowest BCUT2D eigenvalue weighted by Gasteiger charge is -2.18. The normalized spacial score (nSPS) is 12.4. The van der Waals surface area contributed by atoms with Crippen LogP contribution >= 0.6 is 11.6 Å². The minimum Gasteiger partial charge on any atom is -0.382 e. The Labute approximate surface area is 134 Å². The topological polar surface area (TPSA) is 74.0 Å². The van der Waals surface area contributed by atoms with E-state index in [0.29, 0.717) is 17.3 Å². The van der Waals surface area contributed by atoms with E-state index in [4.69, 9.17) is 16.3 Å². The second-order valence-electron chi connectivity index (χ2n) is 5.10. The number of rotatable bonds is 6. The Kier molecular flexibility index (Phi) is 5.20. The molecule has 0 aromatic carbocycles. The molecule has 0 fully saturated rings. The summed E-state index contributed by atoms with van der Waals surface area (Å²) in [5.74, 6) is -0.162. The predicted molar refractivity (Wildman–Crippen MR) is 82.7 cm³/mol. The van der Waals surface area contributed by atoms with Crippen LogP contribution in [0.15, 0.2) is 12.3 Å². The fraction of sp³-hybridized carbons (Fsp3) is 0.500. The molecule has 0 unspecified atom stereocenters. The van der Waals surface area contributed by atoms with Gasteiger partial charge in [0.25, 0.3) is 0 Å². The number of carbonyl (C=O) groups excluding carboxylic acids is 1. The summed E-state index contributed by atoms with van der Waals surface area (Å²) in [6, 6.07) is 1.59. The van der Waals surface area contributed by atoms with Crippen LogP contribution in [0.3, 0.4) is 0 Å². The summed E-state index contributed by atoms with van der Waals surface area (Å²) in [7, 11) is 3.42. The summed E-state index contributed by atoms with van der Waals surface area (Å²) in [4.78, 5) is 12.3. The Balaban J connectivity index is 2.08. The number of aryl methyl sites for hydroxylation is 2. The van der Waals surface area contributed by atoms with E-state index in [1.54, 1.807) is 22.7 Å².